The molecule has 21 heavy (non-hydrogen) atoms. The first-order chi connectivity index (χ1) is 10.4. The predicted octanol–water partition coefficient (Wildman–Crippen LogP) is 4.98. The van der Waals surface area contributed by atoms with Crippen molar-refractivity contribution in [1.82, 2.24) is 10.2 Å². The second-order valence-electron chi connectivity index (χ2n) is 6.85. The first kappa shape index (κ1) is 19.0. The van der Waals surface area contributed by atoms with Crippen LogP contribution in [0.1, 0.15) is 90.9 Å². The van der Waals surface area contributed by atoms with Gasteiger partial charge in [-0.1, -0.05) is 78.1 Å². The zero-order valence-corrected chi connectivity index (χ0v) is 14.8. The van der Waals surface area contributed by atoms with E-state index >= 15 is 0 Å². The fraction of sp³-hybridized carbons (Fsp3) is 1.00. The second-order valence-corrected chi connectivity index (χ2v) is 6.85. The van der Waals surface area contributed by atoms with Crippen molar-refractivity contribution >= 4 is 0 Å². The number of piperazine rings is 1. The van der Waals surface area contributed by atoms with Crippen LogP contribution in [0.3, 0.4) is 0 Å². The lowest BCUT2D eigenvalue weighted by molar-refractivity contribution is 0.151. The van der Waals surface area contributed by atoms with Crippen molar-refractivity contribution in [1.29, 1.82) is 0 Å². The maximum atomic E-state index is 3.50. The molecule has 0 aromatic carbocycles. The van der Waals surface area contributed by atoms with Crippen LogP contribution in [0.25, 0.3) is 0 Å². The molecule has 1 N–H and O–H groups in total. The third-order valence-corrected chi connectivity index (χ3v) is 4.95. The first-order valence-corrected chi connectivity index (χ1v) is 9.83. The fourth-order valence-corrected chi connectivity index (χ4v) is 3.52. The summed E-state index contributed by atoms with van der Waals surface area (Å²) in [6.45, 7) is 9.55. The highest BCUT2D eigenvalue weighted by atomic mass is 15.2. The quantitative estimate of drug-likeness (QED) is 0.482. The van der Waals surface area contributed by atoms with E-state index in [0.717, 1.165) is 6.04 Å². The van der Waals surface area contributed by atoms with E-state index in [1.807, 2.05) is 0 Å². The SMILES string of the molecule is CCCCCCCC(CCCCCCC)N1CCNCC1. The van der Waals surface area contributed by atoms with Crippen molar-refractivity contribution in [2.45, 2.75) is 96.9 Å². The summed E-state index contributed by atoms with van der Waals surface area (Å²) in [5.74, 6) is 0. The molecule has 1 rings (SSSR count). The van der Waals surface area contributed by atoms with Crippen molar-refractivity contribution in [2.24, 2.45) is 0 Å². The molecule has 2 heteroatoms. The van der Waals surface area contributed by atoms with Gasteiger partial charge in [0.05, 0.1) is 0 Å². The van der Waals surface area contributed by atoms with E-state index in [1.165, 1.54) is 103 Å². The van der Waals surface area contributed by atoms with E-state index in [2.05, 4.69) is 24.1 Å². The Labute approximate surface area is 134 Å². The zero-order valence-electron chi connectivity index (χ0n) is 14.8. The molecule has 0 aliphatic carbocycles. The predicted molar refractivity (Wildman–Crippen MR) is 95.0 cm³/mol. The van der Waals surface area contributed by atoms with Crippen molar-refractivity contribution < 1.29 is 0 Å². The second kappa shape index (κ2) is 13.6. The van der Waals surface area contributed by atoms with Gasteiger partial charge in [0, 0.05) is 32.2 Å². The topological polar surface area (TPSA) is 15.3 Å². The van der Waals surface area contributed by atoms with E-state index in [9.17, 15) is 0 Å². The standard InChI is InChI=1S/C19H40N2/c1-3-5-7-9-11-13-19(14-12-10-8-6-4-2)21-17-15-20-16-18-21/h19-20H,3-18H2,1-2H3. The molecule has 0 aromatic heterocycles. The number of unbranched alkanes of at least 4 members (excludes halogenated alkanes) is 8. The molecule has 0 aromatic rings. The molecule has 2 nitrogen and oxygen atoms in total. The van der Waals surface area contributed by atoms with E-state index in [-0.39, 0.29) is 0 Å². The van der Waals surface area contributed by atoms with Crippen molar-refractivity contribution in [3.8, 4) is 0 Å². The Balaban J connectivity index is 2.20. The van der Waals surface area contributed by atoms with E-state index < -0.39 is 0 Å². The Morgan fingerprint density at radius 1 is 0.714 bits per heavy atom. The molecule has 0 amide bonds. The highest BCUT2D eigenvalue weighted by molar-refractivity contribution is 4.77. The molecule has 1 saturated heterocycles. The lowest BCUT2D eigenvalue weighted by Gasteiger charge is -2.35. The van der Waals surface area contributed by atoms with Crippen molar-refractivity contribution in [2.75, 3.05) is 26.2 Å². The van der Waals surface area contributed by atoms with E-state index in [1.54, 1.807) is 0 Å². The number of nitrogens with one attached hydrogen (secondary N) is 1. The number of hydrogen-bond acceptors (Lipinski definition) is 2. The average Bonchev–Trinajstić information content (AvgIpc) is 2.53. The molecule has 126 valence electrons. The van der Waals surface area contributed by atoms with Crippen LogP contribution in [0.4, 0.5) is 0 Å². The van der Waals surface area contributed by atoms with Crippen LogP contribution in [0, 0.1) is 0 Å². The normalized spacial score (nSPS) is 16.7. The molecule has 0 atom stereocenters. The van der Waals surface area contributed by atoms with Gasteiger partial charge in [-0.15, -0.1) is 0 Å². The summed E-state index contributed by atoms with van der Waals surface area (Å²) in [5.41, 5.74) is 0. The Kier molecular flexibility index (Phi) is 12.3. The van der Waals surface area contributed by atoms with Gasteiger partial charge < -0.3 is 5.32 Å². The molecule has 0 saturated carbocycles. The van der Waals surface area contributed by atoms with Gasteiger partial charge in [0.1, 0.15) is 0 Å². The summed E-state index contributed by atoms with van der Waals surface area (Å²) in [6, 6.07) is 0.871. The van der Waals surface area contributed by atoms with Crippen LogP contribution in [-0.2, 0) is 0 Å². The number of rotatable bonds is 13. The van der Waals surface area contributed by atoms with E-state index in [4.69, 9.17) is 0 Å². The van der Waals surface area contributed by atoms with Crippen LogP contribution >= 0.6 is 0 Å². The van der Waals surface area contributed by atoms with Crippen molar-refractivity contribution in [3.63, 3.8) is 0 Å². The smallest absolute Gasteiger partial charge is 0.0110 e. The van der Waals surface area contributed by atoms with Gasteiger partial charge in [0.15, 0.2) is 0 Å². The summed E-state index contributed by atoms with van der Waals surface area (Å²) >= 11 is 0. The Hall–Kier alpha value is -0.0800. The minimum Gasteiger partial charge on any atom is -0.314 e. The van der Waals surface area contributed by atoms with Crippen molar-refractivity contribution in [3.05, 3.63) is 0 Å². The fourth-order valence-electron chi connectivity index (χ4n) is 3.52. The maximum Gasteiger partial charge on any atom is 0.0110 e. The van der Waals surface area contributed by atoms with Crippen LogP contribution in [0.15, 0.2) is 0 Å². The molecular formula is C19H40N2. The van der Waals surface area contributed by atoms with Gasteiger partial charge in [-0.2, -0.15) is 0 Å². The Morgan fingerprint density at radius 3 is 1.67 bits per heavy atom. The van der Waals surface area contributed by atoms with Gasteiger partial charge in [0.25, 0.3) is 0 Å². The summed E-state index contributed by atoms with van der Waals surface area (Å²) in [4.78, 5) is 2.77. The summed E-state index contributed by atoms with van der Waals surface area (Å²) in [7, 11) is 0. The summed E-state index contributed by atoms with van der Waals surface area (Å²) in [5, 5.41) is 3.50. The highest BCUT2D eigenvalue weighted by Gasteiger charge is 2.19. The van der Waals surface area contributed by atoms with Crippen LogP contribution < -0.4 is 5.32 Å². The summed E-state index contributed by atoms with van der Waals surface area (Å²) < 4.78 is 0. The van der Waals surface area contributed by atoms with E-state index in [0.29, 0.717) is 0 Å². The maximum absolute atomic E-state index is 3.50. The molecular weight excluding hydrogens is 256 g/mol. The lowest BCUT2D eigenvalue weighted by Crippen LogP contribution is -2.48. The lowest BCUT2D eigenvalue weighted by atomic mass is 9.98. The van der Waals surface area contributed by atoms with Crippen LogP contribution in [0.5, 0.6) is 0 Å². The molecule has 0 radical (unpaired) electrons. The molecule has 1 heterocycles. The molecule has 0 spiro atoms. The first-order valence-electron chi connectivity index (χ1n) is 9.83. The van der Waals surface area contributed by atoms with Gasteiger partial charge in [-0.25, -0.2) is 0 Å². The molecule has 0 bridgehead atoms. The molecule has 1 aliphatic heterocycles. The molecule has 1 aliphatic rings. The van der Waals surface area contributed by atoms with Gasteiger partial charge >= 0.3 is 0 Å². The number of hydrogen-bond donors (Lipinski definition) is 1. The largest absolute Gasteiger partial charge is 0.314 e. The molecule has 0 unspecified atom stereocenters. The highest BCUT2D eigenvalue weighted by Crippen LogP contribution is 2.18. The van der Waals surface area contributed by atoms with Gasteiger partial charge in [-0.05, 0) is 12.8 Å². The minimum absolute atomic E-state index is 0.871. The van der Waals surface area contributed by atoms with Gasteiger partial charge in [0.2, 0.25) is 0 Å². The Bertz CT molecular complexity index is 198. The third-order valence-electron chi connectivity index (χ3n) is 4.95. The zero-order chi connectivity index (χ0) is 15.2. The van der Waals surface area contributed by atoms with Crippen LogP contribution in [-0.4, -0.2) is 37.1 Å². The average molecular weight is 297 g/mol. The molecule has 1 fully saturated rings. The van der Waals surface area contributed by atoms with Crippen LogP contribution in [0.2, 0.25) is 0 Å². The Morgan fingerprint density at radius 2 is 1.19 bits per heavy atom. The summed E-state index contributed by atoms with van der Waals surface area (Å²) in [6.07, 6.45) is 17.1. The third kappa shape index (κ3) is 9.52. The van der Waals surface area contributed by atoms with Gasteiger partial charge in [-0.3, -0.25) is 4.90 Å². The number of nitrogens with zero attached hydrogens (tertiary/aromatic N) is 1. The monoisotopic (exact) mass is 296 g/mol. The minimum atomic E-state index is 0.871.